The van der Waals surface area contributed by atoms with Crippen LogP contribution in [0, 0.1) is 0 Å². The van der Waals surface area contributed by atoms with E-state index in [0.717, 1.165) is 25.9 Å². The number of hydrogen-bond acceptors (Lipinski definition) is 2. The molecule has 0 aromatic carbocycles. The second-order valence-corrected chi connectivity index (χ2v) is 5.41. The third-order valence-corrected chi connectivity index (χ3v) is 3.98. The average molecular weight is 252 g/mol. The summed E-state index contributed by atoms with van der Waals surface area (Å²) in [7, 11) is 0. The zero-order valence-electron chi connectivity index (χ0n) is 10.3. The van der Waals surface area contributed by atoms with E-state index < -0.39 is 0 Å². The highest BCUT2D eigenvalue weighted by atomic mass is 32.1. The van der Waals surface area contributed by atoms with Crippen LogP contribution in [0.2, 0.25) is 0 Å². The minimum Gasteiger partial charge on any atom is -0.331 e. The Labute approximate surface area is 107 Å². The van der Waals surface area contributed by atoms with Crippen LogP contribution in [0.3, 0.4) is 0 Å². The van der Waals surface area contributed by atoms with Crippen molar-refractivity contribution in [1.29, 1.82) is 0 Å². The van der Waals surface area contributed by atoms with Gasteiger partial charge in [0.25, 0.3) is 0 Å². The zero-order chi connectivity index (χ0) is 12.1. The van der Waals surface area contributed by atoms with Crippen LogP contribution in [-0.2, 0) is 0 Å². The second kappa shape index (κ2) is 6.05. The molecule has 4 heteroatoms. The third kappa shape index (κ3) is 3.46. The molecule has 2 heterocycles. The Morgan fingerprint density at radius 1 is 1.35 bits per heavy atom. The van der Waals surface area contributed by atoms with Gasteiger partial charge in [-0.1, -0.05) is 12.8 Å². The minimum atomic E-state index is 0.0885. The van der Waals surface area contributed by atoms with Crippen LogP contribution >= 0.6 is 11.3 Å². The number of likely N-dealkylation sites (tertiary alicyclic amines) is 1. The summed E-state index contributed by atoms with van der Waals surface area (Å²) in [6.07, 6.45) is 4.79. The summed E-state index contributed by atoms with van der Waals surface area (Å²) in [5.74, 6) is 0. The fraction of sp³-hybridized carbons (Fsp3) is 0.615. The summed E-state index contributed by atoms with van der Waals surface area (Å²) >= 11 is 1.67. The Kier molecular flexibility index (Phi) is 4.42. The van der Waals surface area contributed by atoms with Gasteiger partial charge in [-0.3, -0.25) is 0 Å². The van der Waals surface area contributed by atoms with Gasteiger partial charge in [0.05, 0.1) is 6.04 Å². The van der Waals surface area contributed by atoms with Crippen molar-refractivity contribution in [3.8, 4) is 0 Å². The van der Waals surface area contributed by atoms with E-state index in [1.165, 1.54) is 18.4 Å². The van der Waals surface area contributed by atoms with E-state index >= 15 is 0 Å². The second-order valence-electron chi connectivity index (χ2n) is 4.63. The van der Waals surface area contributed by atoms with Gasteiger partial charge in [-0.15, -0.1) is 0 Å². The Bertz CT molecular complexity index is 342. The number of amides is 2. The lowest BCUT2D eigenvalue weighted by molar-refractivity contribution is 0.196. The van der Waals surface area contributed by atoms with Gasteiger partial charge >= 0.3 is 6.03 Å². The Morgan fingerprint density at radius 3 is 2.65 bits per heavy atom. The van der Waals surface area contributed by atoms with E-state index in [4.69, 9.17) is 0 Å². The number of nitrogens with one attached hydrogen (secondary N) is 1. The van der Waals surface area contributed by atoms with Crippen molar-refractivity contribution in [2.45, 2.75) is 38.6 Å². The van der Waals surface area contributed by atoms with Crippen molar-refractivity contribution in [3.63, 3.8) is 0 Å². The fourth-order valence-corrected chi connectivity index (χ4v) is 2.91. The monoisotopic (exact) mass is 252 g/mol. The molecule has 1 unspecified atom stereocenters. The molecule has 0 saturated carbocycles. The number of thiophene rings is 1. The van der Waals surface area contributed by atoms with Crippen LogP contribution in [0.25, 0.3) is 0 Å². The summed E-state index contributed by atoms with van der Waals surface area (Å²) in [4.78, 5) is 14.0. The van der Waals surface area contributed by atoms with Gasteiger partial charge in [-0.25, -0.2) is 4.79 Å². The molecule has 1 saturated heterocycles. The van der Waals surface area contributed by atoms with Crippen molar-refractivity contribution in [1.82, 2.24) is 10.2 Å². The van der Waals surface area contributed by atoms with Crippen molar-refractivity contribution >= 4 is 17.4 Å². The van der Waals surface area contributed by atoms with E-state index in [0.29, 0.717) is 0 Å². The quantitative estimate of drug-likeness (QED) is 0.859. The molecule has 1 atom stereocenters. The van der Waals surface area contributed by atoms with Crippen molar-refractivity contribution in [2.75, 3.05) is 13.1 Å². The Hall–Kier alpha value is -1.03. The SMILES string of the molecule is CC(NC(=O)N1CCCCCC1)c1ccsc1. The Morgan fingerprint density at radius 2 is 2.06 bits per heavy atom. The fourth-order valence-electron chi connectivity index (χ4n) is 2.15. The molecule has 1 aliphatic heterocycles. The molecule has 2 rings (SSSR count). The van der Waals surface area contributed by atoms with Crippen molar-refractivity contribution in [2.24, 2.45) is 0 Å². The van der Waals surface area contributed by atoms with Crippen LogP contribution < -0.4 is 5.32 Å². The molecule has 1 aromatic rings. The van der Waals surface area contributed by atoms with Gasteiger partial charge in [-0.05, 0) is 42.2 Å². The van der Waals surface area contributed by atoms with E-state index in [-0.39, 0.29) is 12.1 Å². The maximum absolute atomic E-state index is 12.1. The molecule has 1 aliphatic rings. The summed E-state index contributed by atoms with van der Waals surface area (Å²) in [5, 5.41) is 7.21. The Balaban J connectivity index is 1.87. The summed E-state index contributed by atoms with van der Waals surface area (Å²) in [5.41, 5.74) is 1.19. The largest absolute Gasteiger partial charge is 0.331 e. The van der Waals surface area contributed by atoms with Gasteiger partial charge in [-0.2, -0.15) is 11.3 Å². The van der Waals surface area contributed by atoms with Crippen LogP contribution in [-0.4, -0.2) is 24.0 Å². The average Bonchev–Trinajstić information content (AvgIpc) is 2.71. The lowest BCUT2D eigenvalue weighted by Crippen LogP contribution is -2.41. The van der Waals surface area contributed by atoms with Gasteiger partial charge in [0.2, 0.25) is 0 Å². The molecule has 1 aromatic heterocycles. The molecule has 0 bridgehead atoms. The normalized spacial score (nSPS) is 18.5. The molecular weight excluding hydrogens is 232 g/mol. The summed E-state index contributed by atoms with van der Waals surface area (Å²) in [6, 6.07) is 2.26. The zero-order valence-corrected chi connectivity index (χ0v) is 11.1. The summed E-state index contributed by atoms with van der Waals surface area (Å²) < 4.78 is 0. The molecule has 2 amide bonds. The first-order valence-corrected chi connectivity index (χ1v) is 7.29. The maximum atomic E-state index is 12.1. The van der Waals surface area contributed by atoms with E-state index in [1.807, 2.05) is 17.2 Å². The lowest BCUT2D eigenvalue weighted by Gasteiger charge is -2.23. The number of urea groups is 1. The van der Waals surface area contributed by atoms with Crippen LogP contribution in [0.4, 0.5) is 4.79 Å². The van der Waals surface area contributed by atoms with Crippen molar-refractivity contribution < 1.29 is 4.79 Å². The molecule has 0 radical (unpaired) electrons. The number of carbonyl (C=O) groups excluding carboxylic acids is 1. The number of carbonyl (C=O) groups is 1. The number of rotatable bonds is 2. The van der Waals surface area contributed by atoms with E-state index in [1.54, 1.807) is 11.3 Å². The molecule has 1 fully saturated rings. The highest BCUT2D eigenvalue weighted by Gasteiger charge is 2.17. The van der Waals surface area contributed by atoms with Gasteiger partial charge in [0.1, 0.15) is 0 Å². The molecule has 0 spiro atoms. The van der Waals surface area contributed by atoms with Crippen LogP contribution in [0.5, 0.6) is 0 Å². The van der Waals surface area contributed by atoms with Gasteiger partial charge in [0.15, 0.2) is 0 Å². The maximum Gasteiger partial charge on any atom is 0.317 e. The number of hydrogen-bond donors (Lipinski definition) is 1. The van der Waals surface area contributed by atoms with E-state index in [9.17, 15) is 4.79 Å². The molecular formula is C13H20N2OS. The third-order valence-electron chi connectivity index (χ3n) is 3.28. The molecule has 0 aliphatic carbocycles. The van der Waals surface area contributed by atoms with Crippen molar-refractivity contribution in [3.05, 3.63) is 22.4 Å². The van der Waals surface area contributed by atoms with Crippen LogP contribution in [0.1, 0.15) is 44.2 Å². The first-order valence-electron chi connectivity index (χ1n) is 6.35. The smallest absolute Gasteiger partial charge is 0.317 e. The summed E-state index contributed by atoms with van der Waals surface area (Å²) in [6.45, 7) is 3.85. The first kappa shape index (κ1) is 12.4. The first-order chi connectivity index (χ1) is 8.27. The molecule has 3 nitrogen and oxygen atoms in total. The highest BCUT2D eigenvalue weighted by Crippen LogP contribution is 2.16. The van der Waals surface area contributed by atoms with E-state index in [2.05, 4.69) is 16.8 Å². The topological polar surface area (TPSA) is 32.3 Å². The lowest BCUT2D eigenvalue weighted by atomic mass is 10.2. The number of nitrogens with zero attached hydrogens (tertiary/aromatic N) is 1. The van der Waals surface area contributed by atoms with Gasteiger partial charge < -0.3 is 10.2 Å². The predicted octanol–water partition coefficient (Wildman–Crippen LogP) is 3.39. The van der Waals surface area contributed by atoms with Crippen LogP contribution in [0.15, 0.2) is 16.8 Å². The van der Waals surface area contributed by atoms with Gasteiger partial charge in [0, 0.05) is 13.1 Å². The molecule has 1 N–H and O–H groups in total. The minimum absolute atomic E-state index is 0.0885. The standard InChI is InChI=1S/C13H20N2OS/c1-11(12-6-9-17-10-12)14-13(16)15-7-4-2-3-5-8-15/h6,9-11H,2-5,7-8H2,1H3,(H,14,16). The highest BCUT2D eigenvalue weighted by molar-refractivity contribution is 7.07. The molecule has 94 valence electrons. The molecule has 17 heavy (non-hydrogen) atoms. The predicted molar refractivity (Wildman–Crippen MR) is 71.3 cm³/mol.